The third-order valence-electron chi connectivity index (χ3n) is 3.67. The Kier molecular flexibility index (Phi) is 6.53. The Labute approximate surface area is 177 Å². The molecule has 0 atom stereocenters. The fourth-order valence-electron chi connectivity index (χ4n) is 2.24. The van der Waals surface area contributed by atoms with Gasteiger partial charge >= 0.3 is 12.1 Å². The summed E-state index contributed by atoms with van der Waals surface area (Å²) in [6, 6.07) is 9.12. The second kappa shape index (κ2) is 9.46. The summed E-state index contributed by atoms with van der Waals surface area (Å²) in [6.07, 6.45) is 3.01. The average molecular weight is 445 g/mol. The van der Waals surface area contributed by atoms with Gasteiger partial charge in [-0.3, -0.25) is 5.43 Å². The molecular formula is C18H14F3N9O2. The molecule has 0 saturated heterocycles. The third-order valence-corrected chi connectivity index (χ3v) is 3.67. The lowest BCUT2D eigenvalue weighted by molar-refractivity contribution is -0.192. The number of aromatic nitrogens is 6. The Morgan fingerprint density at radius 2 is 1.91 bits per heavy atom. The number of nitrogens with one attached hydrogen (secondary N) is 1. The summed E-state index contributed by atoms with van der Waals surface area (Å²) in [7, 11) is 0. The van der Waals surface area contributed by atoms with Crippen LogP contribution in [0, 0.1) is 0 Å². The van der Waals surface area contributed by atoms with Crippen molar-refractivity contribution in [1.29, 1.82) is 0 Å². The number of nitrogen functional groups attached to an aromatic ring is 1. The van der Waals surface area contributed by atoms with Crippen LogP contribution in [-0.2, 0) is 4.79 Å². The van der Waals surface area contributed by atoms with Crippen molar-refractivity contribution in [3.05, 3.63) is 60.8 Å². The number of carboxylic acid groups (broad SMARTS) is 1. The van der Waals surface area contributed by atoms with Crippen molar-refractivity contribution >= 4 is 34.9 Å². The van der Waals surface area contributed by atoms with Gasteiger partial charge in [-0.15, -0.1) is 0 Å². The molecule has 0 aliphatic heterocycles. The molecule has 4 aromatic heterocycles. The van der Waals surface area contributed by atoms with E-state index in [1.165, 1.54) is 6.33 Å². The second-order valence-electron chi connectivity index (χ2n) is 5.89. The Bertz CT molecular complexity index is 1230. The molecule has 0 bridgehead atoms. The summed E-state index contributed by atoms with van der Waals surface area (Å²) in [4.78, 5) is 25.7. The van der Waals surface area contributed by atoms with Crippen LogP contribution in [-0.4, -0.2) is 53.2 Å². The van der Waals surface area contributed by atoms with Crippen molar-refractivity contribution in [3.63, 3.8) is 0 Å². The van der Waals surface area contributed by atoms with Gasteiger partial charge < -0.3 is 10.8 Å². The van der Waals surface area contributed by atoms with E-state index >= 15 is 0 Å². The van der Waals surface area contributed by atoms with E-state index in [2.05, 4.69) is 35.6 Å². The zero-order chi connectivity index (χ0) is 23.1. The van der Waals surface area contributed by atoms with E-state index < -0.39 is 12.1 Å². The van der Waals surface area contributed by atoms with E-state index in [-0.39, 0.29) is 0 Å². The lowest BCUT2D eigenvalue weighted by Gasteiger charge is -2.02. The Morgan fingerprint density at radius 1 is 1.12 bits per heavy atom. The van der Waals surface area contributed by atoms with E-state index in [1.54, 1.807) is 35.6 Å². The first kappa shape index (κ1) is 22.1. The number of hydrogen-bond donors (Lipinski definition) is 3. The molecule has 4 rings (SSSR count). The highest BCUT2D eigenvalue weighted by Crippen LogP contribution is 2.20. The van der Waals surface area contributed by atoms with E-state index in [1.807, 2.05) is 24.3 Å². The van der Waals surface area contributed by atoms with Gasteiger partial charge in [0.05, 0.1) is 17.8 Å². The Balaban J connectivity index is 0.000000360. The zero-order valence-electron chi connectivity index (χ0n) is 16.0. The summed E-state index contributed by atoms with van der Waals surface area (Å²) >= 11 is 0. The van der Waals surface area contributed by atoms with Gasteiger partial charge in [0.25, 0.3) is 0 Å². The van der Waals surface area contributed by atoms with Crippen LogP contribution in [0.1, 0.15) is 5.56 Å². The summed E-state index contributed by atoms with van der Waals surface area (Å²) in [5.41, 5.74) is 9.91. The van der Waals surface area contributed by atoms with Crippen molar-refractivity contribution in [2.24, 2.45) is 5.10 Å². The summed E-state index contributed by atoms with van der Waals surface area (Å²) in [6.45, 7) is 0. The minimum atomic E-state index is -5.08. The quantitative estimate of drug-likeness (QED) is 0.316. The standard InChI is InChI=1S/C16H13N9.C2HF3O2/c17-13-5-4-11(7-19-13)8-22-24-15-12-9-23-25(16(12)21-10-20-15)14-3-1-2-6-18-14;3-2(4,5)1(6)7/h1-10H,(H2,17,19)(H,20,21,24);(H,6,7). The number of carboxylic acids is 1. The molecule has 0 aliphatic carbocycles. The molecule has 0 aliphatic rings. The maximum Gasteiger partial charge on any atom is 0.490 e. The summed E-state index contributed by atoms with van der Waals surface area (Å²) in [5, 5.41) is 16.4. The Morgan fingerprint density at radius 3 is 2.53 bits per heavy atom. The molecule has 0 unspecified atom stereocenters. The number of anilines is 2. The average Bonchev–Trinajstić information content (AvgIpc) is 3.21. The van der Waals surface area contributed by atoms with Crippen molar-refractivity contribution < 1.29 is 23.1 Å². The number of halogens is 3. The van der Waals surface area contributed by atoms with E-state index in [0.717, 1.165) is 10.9 Å². The SMILES string of the molecule is Nc1ccc(C=NNc2ncnc3c2cnn3-c2ccccn2)cn1.O=C(O)C(F)(F)F. The van der Waals surface area contributed by atoms with Crippen LogP contribution in [0.25, 0.3) is 16.9 Å². The maximum absolute atomic E-state index is 10.6. The number of hydrogen-bond acceptors (Lipinski definition) is 9. The van der Waals surface area contributed by atoms with Crippen LogP contribution in [0.2, 0.25) is 0 Å². The molecule has 0 amide bonds. The van der Waals surface area contributed by atoms with Crippen LogP contribution in [0.15, 0.2) is 60.4 Å². The first-order chi connectivity index (χ1) is 15.3. The van der Waals surface area contributed by atoms with Gasteiger partial charge in [-0.2, -0.15) is 28.1 Å². The van der Waals surface area contributed by atoms with E-state index in [9.17, 15) is 13.2 Å². The molecule has 4 N–H and O–H groups in total. The fourth-order valence-corrected chi connectivity index (χ4v) is 2.24. The van der Waals surface area contributed by atoms with Gasteiger partial charge in [0.1, 0.15) is 12.1 Å². The van der Waals surface area contributed by atoms with Crippen LogP contribution in [0.3, 0.4) is 0 Å². The van der Waals surface area contributed by atoms with Gasteiger partial charge in [-0.05, 0) is 24.3 Å². The first-order valence-electron chi connectivity index (χ1n) is 8.66. The summed E-state index contributed by atoms with van der Waals surface area (Å²) < 4.78 is 33.4. The molecule has 4 aromatic rings. The number of aliphatic carboxylic acids is 1. The predicted molar refractivity (Wildman–Crippen MR) is 108 cm³/mol. The molecule has 0 spiro atoms. The highest BCUT2D eigenvalue weighted by atomic mass is 19.4. The molecule has 164 valence electrons. The second-order valence-corrected chi connectivity index (χ2v) is 5.89. The van der Waals surface area contributed by atoms with Gasteiger partial charge in [-0.1, -0.05) is 6.07 Å². The van der Waals surface area contributed by atoms with Crippen LogP contribution in [0.5, 0.6) is 0 Å². The maximum atomic E-state index is 10.6. The van der Waals surface area contributed by atoms with Crippen molar-refractivity contribution in [2.75, 3.05) is 11.2 Å². The van der Waals surface area contributed by atoms with E-state index in [0.29, 0.717) is 23.1 Å². The largest absolute Gasteiger partial charge is 0.490 e. The van der Waals surface area contributed by atoms with Gasteiger partial charge in [0.2, 0.25) is 0 Å². The van der Waals surface area contributed by atoms with Crippen molar-refractivity contribution in [1.82, 2.24) is 29.7 Å². The molecule has 32 heavy (non-hydrogen) atoms. The number of pyridine rings is 2. The number of nitrogens with zero attached hydrogens (tertiary/aromatic N) is 7. The number of hydrazone groups is 1. The number of carbonyl (C=O) groups is 1. The van der Waals surface area contributed by atoms with Crippen LogP contribution < -0.4 is 11.2 Å². The molecule has 0 saturated carbocycles. The molecular weight excluding hydrogens is 431 g/mol. The third kappa shape index (κ3) is 5.50. The smallest absolute Gasteiger partial charge is 0.475 e. The van der Waals surface area contributed by atoms with Crippen molar-refractivity contribution in [3.8, 4) is 5.82 Å². The predicted octanol–water partition coefficient (Wildman–Crippen LogP) is 2.27. The van der Waals surface area contributed by atoms with Crippen molar-refractivity contribution in [2.45, 2.75) is 6.18 Å². The van der Waals surface area contributed by atoms with Crippen LogP contribution >= 0.6 is 0 Å². The topological polar surface area (TPSA) is 157 Å². The molecule has 0 radical (unpaired) electrons. The van der Waals surface area contributed by atoms with Gasteiger partial charge in [0.15, 0.2) is 17.3 Å². The van der Waals surface area contributed by atoms with Gasteiger partial charge in [0, 0.05) is 18.0 Å². The lowest BCUT2D eigenvalue weighted by Crippen LogP contribution is -2.21. The summed E-state index contributed by atoms with van der Waals surface area (Å²) in [5.74, 6) is -1.07. The Hall–Kier alpha value is -4.62. The van der Waals surface area contributed by atoms with E-state index in [4.69, 9.17) is 15.6 Å². The normalized spacial score (nSPS) is 11.2. The highest BCUT2D eigenvalue weighted by molar-refractivity contribution is 5.87. The highest BCUT2D eigenvalue weighted by Gasteiger charge is 2.38. The number of fused-ring (bicyclic) bond motifs is 1. The monoisotopic (exact) mass is 445 g/mol. The lowest BCUT2D eigenvalue weighted by atomic mass is 10.3. The number of alkyl halides is 3. The minimum absolute atomic E-state index is 0.463. The molecule has 0 aromatic carbocycles. The molecule has 14 heteroatoms. The number of rotatable bonds is 4. The molecule has 0 fully saturated rings. The first-order valence-corrected chi connectivity index (χ1v) is 8.66. The minimum Gasteiger partial charge on any atom is -0.475 e. The van der Waals surface area contributed by atoms with Crippen LogP contribution in [0.4, 0.5) is 24.8 Å². The molecule has 11 nitrogen and oxygen atoms in total. The van der Waals surface area contributed by atoms with Gasteiger partial charge in [-0.25, -0.2) is 24.7 Å². The zero-order valence-corrected chi connectivity index (χ0v) is 16.0. The number of nitrogens with two attached hydrogens (primary N) is 1. The molecule has 4 heterocycles. The fraction of sp³-hybridized carbons (Fsp3) is 0.0556.